The third-order valence-corrected chi connectivity index (χ3v) is 1.58. The zero-order valence-electron chi connectivity index (χ0n) is 7.40. The monoisotopic (exact) mass is 194 g/mol. The number of halogens is 1. The molecule has 1 aromatic carbocycles. The molecular weight excluding hydrogens is 187 g/mol. The van der Waals surface area contributed by atoms with Gasteiger partial charge >= 0.3 is 11.7 Å². The van der Waals surface area contributed by atoms with Crippen molar-refractivity contribution in [2.45, 2.75) is 0 Å². The summed E-state index contributed by atoms with van der Waals surface area (Å²) in [6.07, 6.45) is 0. The Hall–Kier alpha value is -2.00. The number of hydrogen-bond donors (Lipinski definition) is 0. The van der Waals surface area contributed by atoms with Gasteiger partial charge in [-0.3, -0.25) is 0 Å². The largest absolute Gasteiger partial charge is 0.460 e. The zero-order valence-corrected chi connectivity index (χ0v) is 7.40. The zero-order chi connectivity index (χ0) is 10.6. The highest BCUT2D eigenvalue weighted by atomic mass is 19.1. The SMILES string of the molecule is COC(=O)C(=[N+]=[N-])c1cccc(F)c1. The lowest BCUT2D eigenvalue weighted by molar-refractivity contribution is -0.137. The second-order valence-corrected chi connectivity index (χ2v) is 2.45. The minimum atomic E-state index is -0.821. The summed E-state index contributed by atoms with van der Waals surface area (Å²) in [5.41, 5.74) is 8.38. The molecule has 0 aliphatic heterocycles. The molecule has 0 atom stereocenters. The van der Waals surface area contributed by atoms with Crippen LogP contribution in [0.1, 0.15) is 5.56 Å². The summed E-state index contributed by atoms with van der Waals surface area (Å²) >= 11 is 0. The topological polar surface area (TPSA) is 62.7 Å². The van der Waals surface area contributed by atoms with Gasteiger partial charge in [-0.05, 0) is 18.2 Å². The Morgan fingerprint density at radius 1 is 1.57 bits per heavy atom. The van der Waals surface area contributed by atoms with Crippen LogP contribution in [0.15, 0.2) is 24.3 Å². The van der Waals surface area contributed by atoms with Gasteiger partial charge in [-0.25, -0.2) is 9.18 Å². The van der Waals surface area contributed by atoms with E-state index in [9.17, 15) is 9.18 Å². The fourth-order valence-electron chi connectivity index (χ4n) is 0.949. The van der Waals surface area contributed by atoms with Crippen molar-refractivity contribution in [3.8, 4) is 0 Å². The van der Waals surface area contributed by atoms with Crippen LogP contribution in [0.3, 0.4) is 0 Å². The maximum atomic E-state index is 12.7. The van der Waals surface area contributed by atoms with E-state index in [4.69, 9.17) is 5.53 Å². The summed E-state index contributed by atoms with van der Waals surface area (Å²) in [6, 6.07) is 5.13. The van der Waals surface area contributed by atoms with Crippen molar-refractivity contribution in [1.82, 2.24) is 0 Å². The second kappa shape index (κ2) is 4.30. The van der Waals surface area contributed by atoms with Crippen LogP contribution in [0, 0.1) is 5.82 Å². The van der Waals surface area contributed by atoms with Gasteiger partial charge in [0.1, 0.15) is 5.82 Å². The molecule has 0 amide bonds. The van der Waals surface area contributed by atoms with Crippen LogP contribution >= 0.6 is 0 Å². The van der Waals surface area contributed by atoms with Crippen molar-refractivity contribution in [1.29, 1.82) is 0 Å². The van der Waals surface area contributed by atoms with Crippen LogP contribution in [0.5, 0.6) is 0 Å². The van der Waals surface area contributed by atoms with Crippen molar-refractivity contribution in [3.63, 3.8) is 0 Å². The number of rotatable bonds is 2. The quantitative estimate of drug-likeness (QED) is 0.305. The molecule has 0 saturated heterocycles. The number of benzene rings is 1. The molecule has 0 fully saturated rings. The third-order valence-electron chi connectivity index (χ3n) is 1.58. The van der Waals surface area contributed by atoms with Gasteiger partial charge in [0, 0.05) is 0 Å². The molecule has 0 saturated carbocycles. The van der Waals surface area contributed by atoms with E-state index in [0.717, 1.165) is 13.2 Å². The van der Waals surface area contributed by atoms with Crippen LogP contribution in [0.2, 0.25) is 0 Å². The predicted octanol–water partition coefficient (Wildman–Crippen LogP) is 1.02. The Morgan fingerprint density at radius 2 is 2.29 bits per heavy atom. The molecule has 0 aromatic heterocycles. The highest BCUT2D eigenvalue weighted by Gasteiger charge is 2.23. The molecule has 0 heterocycles. The van der Waals surface area contributed by atoms with Crippen LogP contribution in [0.4, 0.5) is 4.39 Å². The molecule has 0 aliphatic carbocycles. The van der Waals surface area contributed by atoms with Crippen molar-refractivity contribution < 1.29 is 18.7 Å². The summed E-state index contributed by atoms with van der Waals surface area (Å²) in [6.45, 7) is 0. The summed E-state index contributed by atoms with van der Waals surface area (Å²) < 4.78 is 17.1. The summed E-state index contributed by atoms with van der Waals surface area (Å²) in [4.78, 5) is 13.8. The number of ether oxygens (including phenoxy) is 1. The maximum absolute atomic E-state index is 12.7. The van der Waals surface area contributed by atoms with E-state index >= 15 is 0 Å². The number of hydrogen-bond acceptors (Lipinski definition) is 2. The van der Waals surface area contributed by atoms with E-state index in [0.29, 0.717) is 0 Å². The molecule has 4 nitrogen and oxygen atoms in total. The van der Waals surface area contributed by atoms with Gasteiger partial charge in [-0.2, -0.15) is 4.79 Å². The van der Waals surface area contributed by atoms with Gasteiger partial charge in [0.2, 0.25) is 0 Å². The molecule has 72 valence electrons. The van der Waals surface area contributed by atoms with Gasteiger partial charge in [-0.1, -0.05) is 6.07 Å². The molecule has 0 spiro atoms. The standard InChI is InChI=1S/C9H7FN2O2/c1-14-9(13)8(12-11)6-3-2-4-7(10)5-6/h2-5H,1H3. The highest BCUT2D eigenvalue weighted by Crippen LogP contribution is 2.04. The summed E-state index contributed by atoms with van der Waals surface area (Å²) in [7, 11) is 1.15. The number of carbonyl (C=O) groups is 1. The van der Waals surface area contributed by atoms with Gasteiger partial charge in [0.15, 0.2) is 0 Å². The van der Waals surface area contributed by atoms with Crippen molar-refractivity contribution >= 4 is 11.7 Å². The molecular formula is C9H7FN2O2. The van der Waals surface area contributed by atoms with Crippen LogP contribution < -0.4 is 0 Å². The number of methoxy groups -OCH3 is 1. The molecule has 1 rings (SSSR count). The average molecular weight is 194 g/mol. The van der Waals surface area contributed by atoms with E-state index < -0.39 is 11.8 Å². The number of esters is 1. The van der Waals surface area contributed by atoms with Crippen LogP contribution in [-0.2, 0) is 9.53 Å². The van der Waals surface area contributed by atoms with Gasteiger partial charge in [0.05, 0.1) is 12.7 Å². The second-order valence-electron chi connectivity index (χ2n) is 2.45. The Balaban J connectivity index is 3.15. The lowest BCUT2D eigenvalue weighted by atomic mass is 10.1. The fourth-order valence-corrected chi connectivity index (χ4v) is 0.949. The fraction of sp³-hybridized carbons (Fsp3) is 0.111. The Kier molecular flexibility index (Phi) is 3.09. The van der Waals surface area contributed by atoms with Crippen molar-refractivity contribution in [3.05, 3.63) is 41.2 Å². The van der Waals surface area contributed by atoms with Crippen molar-refractivity contribution in [2.24, 2.45) is 0 Å². The molecule has 5 heteroatoms. The Bertz CT molecular complexity index is 411. The van der Waals surface area contributed by atoms with E-state index in [1.54, 1.807) is 0 Å². The lowest BCUT2D eigenvalue weighted by Crippen LogP contribution is -2.18. The van der Waals surface area contributed by atoms with E-state index in [2.05, 4.69) is 9.53 Å². The van der Waals surface area contributed by atoms with E-state index in [1.165, 1.54) is 18.2 Å². The molecule has 1 aromatic rings. The summed E-state index contributed by atoms with van der Waals surface area (Å²) in [5, 5.41) is 0. The molecule has 0 bridgehead atoms. The van der Waals surface area contributed by atoms with Crippen molar-refractivity contribution in [2.75, 3.05) is 7.11 Å². The van der Waals surface area contributed by atoms with Gasteiger partial charge in [0.25, 0.3) is 0 Å². The minimum Gasteiger partial charge on any atom is -0.460 e. The molecule has 0 unspecified atom stereocenters. The molecule has 0 aliphatic rings. The van der Waals surface area contributed by atoms with E-state index in [-0.39, 0.29) is 11.3 Å². The first kappa shape index (κ1) is 10.1. The first-order valence-corrected chi connectivity index (χ1v) is 3.75. The van der Waals surface area contributed by atoms with Gasteiger partial charge in [-0.15, -0.1) is 0 Å². The van der Waals surface area contributed by atoms with Crippen LogP contribution in [-0.4, -0.2) is 23.6 Å². The normalized spacial score (nSPS) is 9.00. The minimum absolute atomic E-state index is 0.166. The average Bonchev–Trinajstić information content (AvgIpc) is 2.19. The molecule has 0 N–H and O–H groups in total. The number of carbonyl (C=O) groups excluding carboxylic acids is 1. The molecule has 0 radical (unpaired) electrons. The first-order valence-electron chi connectivity index (χ1n) is 3.75. The van der Waals surface area contributed by atoms with E-state index in [1.807, 2.05) is 0 Å². The summed E-state index contributed by atoms with van der Waals surface area (Å²) in [5.74, 6) is -1.34. The molecule has 14 heavy (non-hydrogen) atoms. The third kappa shape index (κ3) is 2.02. The Morgan fingerprint density at radius 3 is 2.79 bits per heavy atom. The van der Waals surface area contributed by atoms with Gasteiger partial charge < -0.3 is 10.3 Å². The number of nitrogens with zero attached hydrogens (tertiary/aromatic N) is 2. The highest BCUT2D eigenvalue weighted by molar-refractivity contribution is 6.40. The first-order chi connectivity index (χ1) is 6.69. The lowest BCUT2D eigenvalue weighted by Gasteiger charge is -1.94. The predicted molar refractivity (Wildman–Crippen MR) is 46.1 cm³/mol. The smallest absolute Gasteiger partial charge is 0.422 e. The van der Waals surface area contributed by atoms with Crippen LogP contribution in [0.25, 0.3) is 5.53 Å². The maximum Gasteiger partial charge on any atom is 0.422 e. The Labute approximate surface area is 79.5 Å².